The summed E-state index contributed by atoms with van der Waals surface area (Å²) in [6.45, 7) is 1.33. The molecule has 6 nitrogen and oxygen atoms in total. The number of carbonyl (C=O) groups excluding carboxylic acids is 2. The Hall–Kier alpha value is -2.08. The quantitative estimate of drug-likeness (QED) is 0.466. The maximum Gasteiger partial charge on any atom is 0.251 e. The smallest absolute Gasteiger partial charge is 0.251 e. The van der Waals surface area contributed by atoms with E-state index in [1.165, 1.54) is 0 Å². The van der Waals surface area contributed by atoms with Crippen LogP contribution in [0, 0.1) is 0 Å². The Morgan fingerprint density at radius 2 is 1.81 bits per heavy atom. The van der Waals surface area contributed by atoms with Crippen LogP contribution in [-0.4, -0.2) is 38.6 Å². The lowest BCUT2D eigenvalue weighted by Crippen LogP contribution is -2.37. The van der Waals surface area contributed by atoms with Gasteiger partial charge in [-0.15, -0.1) is 0 Å². The topological polar surface area (TPSA) is 93.5 Å². The Labute approximate surface area is 125 Å². The fourth-order valence-electron chi connectivity index (χ4n) is 1.74. The maximum atomic E-state index is 11.8. The summed E-state index contributed by atoms with van der Waals surface area (Å²) in [5.41, 5.74) is 6.62. The monoisotopic (exact) mass is 293 g/mol. The van der Waals surface area contributed by atoms with Gasteiger partial charge in [0, 0.05) is 31.5 Å². The molecule has 0 aliphatic carbocycles. The van der Waals surface area contributed by atoms with Crippen LogP contribution >= 0.6 is 0 Å². The van der Waals surface area contributed by atoms with Gasteiger partial charge in [-0.2, -0.15) is 0 Å². The Bertz CT molecular complexity index is 446. The zero-order chi connectivity index (χ0) is 15.5. The lowest BCUT2D eigenvalue weighted by Gasteiger charge is -2.07. The molecule has 6 heteroatoms. The van der Waals surface area contributed by atoms with Crippen LogP contribution in [0.15, 0.2) is 24.3 Å². The zero-order valence-corrected chi connectivity index (χ0v) is 12.4. The van der Waals surface area contributed by atoms with Gasteiger partial charge in [-0.1, -0.05) is 0 Å². The van der Waals surface area contributed by atoms with Crippen molar-refractivity contribution < 1.29 is 14.3 Å². The van der Waals surface area contributed by atoms with Gasteiger partial charge in [0.25, 0.3) is 5.91 Å². The highest BCUT2D eigenvalue weighted by atomic mass is 16.5. The number of anilines is 1. The highest BCUT2D eigenvalue weighted by Crippen LogP contribution is 2.04. The number of rotatable bonds is 9. The number of benzene rings is 1. The average molecular weight is 293 g/mol. The molecule has 1 aromatic carbocycles. The summed E-state index contributed by atoms with van der Waals surface area (Å²) in [6, 6.07) is 6.54. The van der Waals surface area contributed by atoms with Gasteiger partial charge in [0.05, 0.1) is 6.54 Å². The molecular formula is C15H23N3O3. The van der Waals surface area contributed by atoms with Crippen LogP contribution < -0.4 is 16.4 Å². The molecule has 0 aliphatic heterocycles. The molecule has 1 rings (SSSR count). The number of methoxy groups -OCH3 is 1. The Balaban J connectivity index is 2.15. The summed E-state index contributed by atoms with van der Waals surface area (Å²) in [5, 5.41) is 5.33. The molecule has 0 spiro atoms. The first kappa shape index (κ1) is 17.0. The van der Waals surface area contributed by atoms with Crippen molar-refractivity contribution in [3.05, 3.63) is 29.8 Å². The second-order valence-electron chi connectivity index (χ2n) is 4.71. The van der Waals surface area contributed by atoms with Gasteiger partial charge in [-0.3, -0.25) is 9.59 Å². The molecule has 0 unspecified atom stereocenters. The second-order valence-corrected chi connectivity index (χ2v) is 4.71. The highest BCUT2D eigenvalue weighted by molar-refractivity contribution is 5.96. The first-order valence-corrected chi connectivity index (χ1v) is 7.03. The Kier molecular flexibility index (Phi) is 7.89. The molecule has 0 atom stereocenters. The molecule has 0 aliphatic rings. The van der Waals surface area contributed by atoms with Crippen molar-refractivity contribution in [1.82, 2.24) is 10.6 Å². The maximum absolute atomic E-state index is 11.8. The third kappa shape index (κ3) is 7.31. The summed E-state index contributed by atoms with van der Waals surface area (Å²) in [5.74, 6) is -0.476. The minimum Gasteiger partial charge on any atom is -0.399 e. The average Bonchev–Trinajstić information content (AvgIpc) is 2.49. The minimum absolute atomic E-state index is 0.0265. The fraction of sp³-hybridized carbons (Fsp3) is 0.467. The van der Waals surface area contributed by atoms with Gasteiger partial charge < -0.3 is 21.1 Å². The third-order valence-electron chi connectivity index (χ3n) is 2.93. The predicted molar refractivity (Wildman–Crippen MR) is 81.9 cm³/mol. The molecule has 2 amide bonds. The number of unbranched alkanes of at least 4 members (excludes halogenated alkanes) is 2. The van der Waals surface area contributed by atoms with Crippen LogP contribution in [0.4, 0.5) is 5.69 Å². The van der Waals surface area contributed by atoms with E-state index in [0.29, 0.717) is 17.8 Å². The minimum atomic E-state index is -0.287. The van der Waals surface area contributed by atoms with Gasteiger partial charge in [0.2, 0.25) is 5.91 Å². The number of amides is 2. The van der Waals surface area contributed by atoms with Crippen molar-refractivity contribution in [2.45, 2.75) is 19.3 Å². The normalized spacial score (nSPS) is 10.1. The van der Waals surface area contributed by atoms with E-state index in [2.05, 4.69) is 10.6 Å². The summed E-state index contributed by atoms with van der Waals surface area (Å²) in [6.07, 6.45) is 2.90. The van der Waals surface area contributed by atoms with E-state index in [9.17, 15) is 9.59 Å². The molecule has 0 bridgehead atoms. The molecule has 4 N–H and O–H groups in total. The van der Waals surface area contributed by atoms with Crippen molar-refractivity contribution in [3.63, 3.8) is 0 Å². The summed E-state index contributed by atoms with van der Waals surface area (Å²) in [7, 11) is 1.67. The van der Waals surface area contributed by atoms with Crippen molar-refractivity contribution in [2.24, 2.45) is 0 Å². The molecule has 0 saturated carbocycles. The summed E-state index contributed by atoms with van der Waals surface area (Å²) >= 11 is 0. The predicted octanol–water partition coefficient (Wildman–Crippen LogP) is 0.932. The number of ether oxygens (including phenoxy) is 1. The van der Waals surface area contributed by atoms with E-state index in [4.69, 9.17) is 10.5 Å². The van der Waals surface area contributed by atoms with Crippen LogP contribution in [0.3, 0.4) is 0 Å². The van der Waals surface area contributed by atoms with Crippen molar-refractivity contribution >= 4 is 17.5 Å². The standard InChI is InChI=1S/C15H23N3O3/c1-21-10-4-2-3-9-17-14(19)11-18-15(20)12-5-7-13(16)8-6-12/h5-8H,2-4,9-11,16H2,1H3,(H,17,19)(H,18,20). The number of carbonyl (C=O) groups is 2. The van der Waals surface area contributed by atoms with Gasteiger partial charge in [0.15, 0.2) is 0 Å². The Morgan fingerprint density at radius 3 is 2.48 bits per heavy atom. The summed E-state index contributed by atoms with van der Waals surface area (Å²) < 4.78 is 4.94. The molecular weight excluding hydrogens is 270 g/mol. The molecule has 21 heavy (non-hydrogen) atoms. The number of nitrogens with two attached hydrogens (primary N) is 1. The van der Waals surface area contributed by atoms with E-state index in [1.54, 1.807) is 31.4 Å². The number of nitrogen functional groups attached to an aromatic ring is 1. The lowest BCUT2D eigenvalue weighted by atomic mass is 10.2. The molecule has 0 heterocycles. The van der Waals surface area contributed by atoms with Gasteiger partial charge in [-0.25, -0.2) is 0 Å². The van der Waals surface area contributed by atoms with E-state index in [-0.39, 0.29) is 18.4 Å². The van der Waals surface area contributed by atoms with Crippen LogP contribution in [0.1, 0.15) is 29.6 Å². The van der Waals surface area contributed by atoms with E-state index in [1.807, 2.05) is 0 Å². The van der Waals surface area contributed by atoms with E-state index in [0.717, 1.165) is 25.9 Å². The Morgan fingerprint density at radius 1 is 1.10 bits per heavy atom. The fourth-order valence-corrected chi connectivity index (χ4v) is 1.74. The van der Waals surface area contributed by atoms with E-state index >= 15 is 0 Å². The first-order chi connectivity index (χ1) is 10.1. The third-order valence-corrected chi connectivity index (χ3v) is 2.93. The van der Waals surface area contributed by atoms with E-state index < -0.39 is 0 Å². The number of hydrogen-bond acceptors (Lipinski definition) is 4. The second kappa shape index (κ2) is 9.77. The molecule has 0 aromatic heterocycles. The van der Waals surface area contributed by atoms with Crippen LogP contribution in [0.2, 0.25) is 0 Å². The van der Waals surface area contributed by atoms with Gasteiger partial charge in [0.1, 0.15) is 0 Å². The van der Waals surface area contributed by atoms with Crippen molar-refractivity contribution in [2.75, 3.05) is 32.5 Å². The molecule has 0 radical (unpaired) electrons. The van der Waals surface area contributed by atoms with Crippen LogP contribution in [0.5, 0.6) is 0 Å². The SMILES string of the molecule is COCCCCCNC(=O)CNC(=O)c1ccc(N)cc1. The molecule has 1 aromatic rings. The zero-order valence-electron chi connectivity index (χ0n) is 12.4. The van der Waals surface area contributed by atoms with Crippen LogP contribution in [0.25, 0.3) is 0 Å². The molecule has 0 saturated heterocycles. The lowest BCUT2D eigenvalue weighted by molar-refractivity contribution is -0.120. The number of hydrogen-bond donors (Lipinski definition) is 3. The first-order valence-electron chi connectivity index (χ1n) is 7.03. The highest BCUT2D eigenvalue weighted by Gasteiger charge is 2.07. The van der Waals surface area contributed by atoms with Gasteiger partial charge >= 0.3 is 0 Å². The van der Waals surface area contributed by atoms with Crippen molar-refractivity contribution in [3.8, 4) is 0 Å². The van der Waals surface area contributed by atoms with Crippen molar-refractivity contribution in [1.29, 1.82) is 0 Å². The summed E-state index contributed by atoms with van der Waals surface area (Å²) in [4.78, 5) is 23.3. The van der Waals surface area contributed by atoms with Gasteiger partial charge in [-0.05, 0) is 43.5 Å². The largest absolute Gasteiger partial charge is 0.399 e. The number of nitrogens with one attached hydrogen (secondary N) is 2. The molecule has 116 valence electrons. The van der Waals surface area contributed by atoms with Crippen LogP contribution in [-0.2, 0) is 9.53 Å². The molecule has 0 fully saturated rings.